The van der Waals surface area contributed by atoms with Crippen LogP contribution >= 0.6 is 0 Å². The Bertz CT molecular complexity index is 554. The van der Waals surface area contributed by atoms with Gasteiger partial charge in [0, 0.05) is 12.1 Å². The monoisotopic (exact) mass is 317 g/mol. The largest absolute Gasteiger partial charge is 0.444 e. The van der Waals surface area contributed by atoms with Crippen LogP contribution in [0.4, 0.5) is 4.79 Å². The number of hydrogen-bond acceptors (Lipinski definition) is 2. The molecule has 22 heavy (non-hydrogen) atoms. The molecule has 0 spiro atoms. The van der Waals surface area contributed by atoms with Crippen LogP contribution in [0.3, 0.4) is 0 Å². The van der Waals surface area contributed by atoms with Crippen molar-refractivity contribution in [3.63, 3.8) is 0 Å². The molecule has 120 valence electrons. The summed E-state index contributed by atoms with van der Waals surface area (Å²) in [4.78, 5) is 11.5. The first-order valence-corrected chi connectivity index (χ1v) is 11.1. The number of rotatable bonds is 3. The summed E-state index contributed by atoms with van der Waals surface area (Å²) in [5.41, 5.74) is 5.12. The molecule has 0 radical (unpaired) electrons. The number of carbonyl (C=O) groups excluding carboxylic acids is 1. The van der Waals surface area contributed by atoms with E-state index in [1.807, 2.05) is 32.9 Å². The minimum atomic E-state index is -1.33. The highest BCUT2D eigenvalue weighted by atomic mass is 28.3. The van der Waals surface area contributed by atoms with Gasteiger partial charge < -0.3 is 10.1 Å². The lowest BCUT2D eigenvalue weighted by Gasteiger charge is -2.19. The molecule has 4 heteroatoms. The van der Waals surface area contributed by atoms with Crippen LogP contribution in [-0.2, 0) is 11.2 Å². The highest BCUT2D eigenvalue weighted by Gasteiger charge is 2.15. The SMILES string of the molecule is CC(C)(C)OC(=O)NCCc1ccc(C#C[Si](C)(C)C)cc1. The second-order valence-corrected chi connectivity index (χ2v) is 12.1. The molecule has 1 amide bonds. The molecule has 0 aliphatic rings. The van der Waals surface area contributed by atoms with E-state index in [2.05, 4.69) is 48.6 Å². The summed E-state index contributed by atoms with van der Waals surface area (Å²) in [5.74, 6) is 3.23. The van der Waals surface area contributed by atoms with Gasteiger partial charge in [-0.2, -0.15) is 0 Å². The molecule has 1 rings (SSSR count). The van der Waals surface area contributed by atoms with Gasteiger partial charge in [-0.1, -0.05) is 37.7 Å². The topological polar surface area (TPSA) is 38.3 Å². The Labute approximate surface area is 135 Å². The van der Waals surface area contributed by atoms with Crippen molar-refractivity contribution in [2.45, 2.75) is 52.4 Å². The third-order valence-corrected chi connectivity index (χ3v) is 3.49. The summed E-state index contributed by atoms with van der Waals surface area (Å²) >= 11 is 0. The third-order valence-electron chi connectivity index (χ3n) is 2.62. The third kappa shape index (κ3) is 8.53. The van der Waals surface area contributed by atoms with E-state index in [1.165, 1.54) is 5.56 Å². The molecule has 1 aromatic rings. The molecule has 0 atom stereocenters. The van der Waals surface area contributed by atoms with Crippen molar-refractivity contribution in [1.29, 1.82) is 0 Å². The predicted octanol–water partition coefficient (Wildman–Crippen LogP) is 3.98. The number of carbonyl (C=O) groups is 1. The average Bonchev–Trinajstić information content (AvgIpc) is 2.35. The van der Waals surface area contributed by atoms with E-state index in [4.69, 9.17) is 4.74 Å². The van der Waals surface area contributed by atoms with Gasteiger partial charge in [0.15, 0.2) is 0 Å². The van der Waals surface area contributed by atoms with Crippen LogP contribution in [0.2, 0.25) is 19.6 Å². The summed E-state index contributed by atoms with van der Waals surface area (Å²) in [6.07, 6.45) is 0.408. The molecule has 0 aliphatic carbocycles. The number of amides is 1. The molecule has 1 aromatic carbocycles. The molecular formula is C18H27NO2Si. The molecule has 1 N–H and O–H groups in total. The first kappa shape index (κ1) is 18.3. The minimum Gasteiger partial charge on any atom is -0.444 e. The fourth-order valence-corrected chi connectivity index (χ4v) is 2.16. The summed E-state index contributed by atoms with van der Waals surface area (Å²) in [5, 5.41) is 2.76. The Balaban J connectivity index is 2.45. The molecule has 0 heterocycles. The average molecular weight is 318 g/mol. The highest BCUT2D eigenvalue weighted by molar-refractivity contribution is 6.83. The summed E-state index contributed by atoms with van der Waals surface area (Å²) in [7, 11) is -1.33. The Kier molecular flexibility index (Phi) is 6.25. The number of alkyl carbamates (subject to hydrolysis) is 1. The number of ether oxygens (including phenoxy) is 1. The molecule has 0 aromatic heterocycles. The van der Waals surface area contributed by atoms with Crippen LogP contribution in [-0.4, -0.2) is 26.3 Å². The van der Waals surface area contributed by atoms with Crippen molar-refractivity contribution in [3.8, 4) is 11.5 Å². The quantitative estimate of drug-likeness (QED) is 0.676. The van der Waals surface area contributed by atoms with Crippen molar-refractivity contribution in [3.05, 3.63) is 35.4 Å². The van der Waals surface area contributed by atoms with Crippen molar-refractivity contribution in [2.75, 3.05) is 6.54 Å². The maximum absolute atomic E-state index is 11.5. The zero-order valence-electron chi connectivity index (χ0n) is 14.5. The predicted molar refractivity (Wildman–Crippen MR) is 94.6 cm³/mol. The molecule has 0 fully saturated rings. The lowest BCUT2D eigenvalue weighted by molar-refractivity contribution is 0.0528. The summed E-state index contributed by atoms with van der Waals surface area (Å²) in [6.45, 7) is 12.8. The maximum Gasteiger partial charge on any atom is 0.407 e. The van der Waals surface area contributed by atoms with Crippen molar-refractivity contribution in [2.24, 2.45) is 0 Å². The van der Waals surface area contributed by atoms with E-state index in [0.29, 0.717) is 6.54 Å². The van der Waals surface area contributed by atoms with E-state index in [1.54, 1.807) is 0 Å². The van der Waals surface area contributed by atoms with Gasteiger partial charge in [0.2, 0.25) is 0 Å². The van der Waals surface area contributed by atoms with E-state index in [9.17, 15) is 4.79 Å². The molecule has 0 saturated carbocycles. The van der Waals surface area contributed by atoms with E-state index in [-0.39, 0.29) is 6.09 Å². The first-order chi connectivity index (χ1) is 10.1. The van der Waals surface area contributed by atoms with Crippen LogP contribution in [0.15, 0.2) is 24.3 Å². The minimum absolute atomic E-state index is 0.370. The Morgan fingerprint density at radius 1 is 1.18 bits per heavy atom. The van der Waals surface area contributed by atoms with E-state index < -0.39 is 13.7 Å². The lowest BCUT2D eigenvalue weighted by atomic mass is 10.1. The Morgan fingerprint density at radius 3 is 2.27 bits per heavy atom. The van der Waals surface area contributed by atoms with Gasteiger partial charge in [-0.3, -0.25) is 0 Å². The van der Waals surface area contributed by atoms with E-state index in [0.717, 1.165) is 12.0 Å². The van der Waals surface area contributed by atoms with Crippen LogP contribution in [0, 0.1) is 11.5 Å². The van der Waals surface area contributed by atoms with Crippen molar-refractivity contribution >= 4 is 14.2 Å². The second kappa shape index (κ2) is 7.51. The van der Waals surface area contributed by atoms with Gasteiger partial charge in [-0.25, -0.2) is 4.79 Å². The lowest BCUT2D eigenvalue weighted by Crippen LogP contribution is -2.33. The van der Waals surface area contributed by atoms with Crippen LogP contribution in [0.5, 0.6) is 0 Å². The zero-order chi connectivity index (χ0) is 16.8. The van der Waals surface area contributed by atoms with Gasteiger partial charge in [-0.15, -0.1) is 5.54 Å². The number of nitrogens with one attached hydrogen (secondary N) is 1. The Hall–Kier alpha value is -1.73. The maximum atomic E-state index is 11.5. The molecule has 3 nitrogen and oxygen atoms in total. The van der Waals surface area contributed by atoms with Gasteiger partial charge in [0.25, 0.3) is 0 Å². The normalized spacial score (nSPS) is 11.4. The second-order valence-electron chi connectivity index (χ2n) is 7.38. The zero-order valence-corrected chi connectivity index (χ0v) is 15.5. The smallest absolute Gasteiger partial charge is 0.407 e. The molecule has 0 unspecified atom stereocenters. The first-order valence-electron chi connectivity index (χ1n) is 7.64. The molecule has 0 bridgehead atoms. The molecule has 0 saturated heterocycles. The molecule has 0 aliphatic heterocycles. The van der Waals surface area contributed by atoms with Crippen molar-refractivity contribution < 1.29 is 9.53 Å². The molecular weight excluding hydrogens is 290 g/mol. The number of hydrogen-bond donors (Lipinski definition) is 1. The van der Waals surface area contributed by atoms with Gasteiger partial charge in [0.1, 0.15) is 13.7 Å². The Morgan fingerprint density at radius 2 is 1.77 bits per heavy atom. The van der Waals surface area contributed by atoms with Gasteiger partial charge in [0.05, 0.1) is 0 Å². The standard InChI is InChI=1S/C18H27NO2Si/c1-18(2,3)21-17(20)19-13-11-15-7-9-16(10-8-15)12-14-22(4,5)6/h7-10H,11,13H2,1-6H3,(H,19,20). The fraction of sp³-hybridized carbons (Fsp3) is 0.500. The van der Waals surface area contributed by atoms with Crippen LogP contribution < -0.4 is 5.32 Å². The fourth-order valence-electron chi connectivity index (χ4n) is 1.64. The highest BCUT2D eigenvalue weighted by Crippen LogP contribution is 2.07. The van der Waals surface area contributed by atoms with Crippen LogP contribution in [0.1, 0.15) is 31.9 Å². The van der Waals surface area contributed by atoms with Gasteiger partial charge in [-0.05, 0) is 44.9 Å². The summed E-state index contributed by atoms with van der Waals surface area (Å²) < 4.78 is 5.19. The number of benzene rings is 1. The summed E-state index contributed by atoms with van der Waals surface area (Å²) in [6, 6.07) is 8.20. The van der Waals surface area contributed by atoms with Gasteiger partial charge >= 0.3 is 6.09 Å². The van der Waals surface area contributed by atoms with Crippen LogP contribution in [0.25, 0.3) is 0 Å². The van der Waals surface area contributed by atoms with E-state index >= 15 is 0 Å². The van der Waals surface area contributed by atoms with Crippen molar-refractivity contribution in [1.82, 2.24) is 5.32 Å².